The van der Waals surface area contributed by atoms with Crippen molar-refractivity contribution in [3.63, 3.8) is 0 Å². The van der Waals surface area contributed by atoms with E-state index in [9.17, 15) is 10.1 Å². The van der Waals surface area contributed by atoms with Gasteiger partial charge in [-0.2, -0.15) is 4.98 Å². The van der Waals surface area contributed by atoms with Gasteiger partial charge in [-0.15, -0.1) is 0 Å². The van der Waals surface area contributed by atoms with E-state index in [2.05, 4.69) is 25.3 Å². The summed E-state index contributed by atoms with van der Waals surface area (Å²) in [5.74, 6) is 0.433. The van der Waals surface area contributed by atoms with E-state index in [1.807, 2.05) is 6.92 Å². The maximum absolute atomic E-state index is 11.2. The molecule has 0 saturated heterocycles. The molecule has 0 unspecified atom stereocenters. The van der Waals surface area contributed by atoms with Crippen molar-refractivity contribution in [1.29, 1.82) is 0 Å². The molecule has 1 aromatic carbocycles. The van der Waals surface area contributed by atoms with Gasteiger partial charge in [-0.05, 0) is 19.1 Å². The van der Waals surface area contributed by atoms with E-state index >= 15 is 0 Å². The fourth-order valence-electron chi connectivity index (χ4n) is 1.66. The first-order chi connectivity index (χ1) is 9.22. The molecule has 2 N–H and O–H groups in total. The topological polar surface area (TPSA) is 106 Å². The van der Waals surface area contributed by atoms with Crippen molar-refractivity contribution < 1.29 is 9.45 Å². The number of nitrogens with zero attached hydrogens (tertiary/aromatic N) is 3. The second-order valence-corrected chi connectivity index (χ2v) is 3.69. The lowest BCUT2D eigenvalue weighted by molar-refractivity contribution is -0.383. The summed E-state index contributed by atoms with van der Waals surface area (Å²) < 4.78 is 4.60. The number of para-hydroxylation sites is 1. The van der Waals surface area contributed by atoms with Gasteiger partial charge in [-0.3, -0.25) is 10.1 Å². The highest BCUT2D eigenvalue weighted by molar-refractivity contribution is 5.76. The molecule has 0 radical (unpaired) electrons. The van der Waals surface area contributed by atoms with E-state index in [1.165, 1.54) is 6.39 Å². The van der Waals surface area contributed by atoms with Crippen molar-refractivity contribution in [2.24, 2.45) is 0 Å². The third-order valence-corrected chi connectivity index (χ3v) is 2.43. The molecule has 0 spiro atoms. The van der Waals surface area contributed by atoms with Crippen molar-refractivity contribution in [2.75, 3.05) is 17.2 Å². The number of benzene rings is 1. The van der Waals surface area contributed by atoms with Crippen LogP contribution in [0.4, 0.5) is 17.1 Å². The zero-order valence-corrected chi connectivity index (χ0v) is 10.3. The Bertz CT molecular complexity index is 555. The molecule has 0 aliphatic heterocycles. The number of anilines is 2. The van der Waals surface area contributed by atoms with Gasteiger partial charge in [0.25, 0.3) is 0 Å². The molecule has 2 aromatic rings. The largest absolute Gasteiger partial charge is 0.380 e. The van der Waals surface area contributed by atoms with Gasteiger partial charge in [0.05, 0.1) is 11.5 Å². The highest BCUT2D eigenvalue weighted by Gasteiger charge is 2.19. The number of rotatable bonds is 6. The van der Waals surface area contributed by atoms with Crippen LogP contribution >= 0.6 is 0 Å². The van der Waals surface area contributed by atoms with Crippen molar-refractivity contribution in [3.8, 4) is 0 Å². The summed E-state index contributed by atoms with van der Waals surface area (Å²) in [5.41, 5.74) is 0.895. The minimum atomic E-state index is -0.420. The summed E-state index contributed by atoms with van der Waals surface area (Å²) in [6.45, 7) is 2.74. The van der Waals surface area contributed by atoms with Gasteiger partial charge in [-0.1, -0.05) is 11.2 Å². The van der Waals surface area contributed by atoms with Crippen LogP contribution in [0.15, 0.2) is 29.1 Å². The van der Waals surface area contributed by atoms with E-state index in [4.69, 9.17) is 0 Å². The van der Waals surface area contributed by atoms with Crippen LogP contribution in [0.5, 0.6) is 0 Å². The Hall–Kier alpha value is -2.64. The van der Waals surface area contributed by atoms with Gasteiger partial charge in [0.15, 0.2) is 5.82 Å². The van der Waals surface area contributed by atoms with E-state index in [0.717, 1.165) is 0 Å². The predicted octanol–water partition coefficient (Wildman–Crippen LogP) is 2.02. The minimum absolute atomic E-state index is 0.00726. The molecular weight excluding hydrogens is 250 g/mol. The molecule has 19 heavy (non-hydrogen) atoms. The minimum Gasteiger partial charge on any atom is -0.380 e. The van der Waals surface area contributed by atoms with E-state index in [0.29, 0.717) is 23.7 Å². The van der Waals surface area contributed by atoms with Crippen molar-refractivity contribution in [2.45, 2.75) is 13.5 Å². The standard InChI is InChI=1S/C11H13N5O3/c1-2-12-8-4-3-5-9(11(8)16(17)18)13-6-10-14-7-19-15-10/h3-5,7,12-13H,2,6H2,1H3. The third kappa shape index (κ3) is 2.97. The summed E-state index contributed by atoms with van der Waals surface area (Å²) in [6, 6.07) is 5.05. The molecule has 0 saturated carbocycles. The molecular formula is C11H13N5O3. The van der Waals surface area contributed by atoms with Crippen LogP contribution in [0.3, 0.4) is 0 Å². The summed E-state index contributed by atoms with van der Waals surface area (Å²) in [4.78, 5) is 14.6. The molecule has 100 valence electrons. The number of hydrogen-bond acceptors (Lipinski definition) is 7. The fraction of sp³-hybridized carbons (Fsp3) is 0.273. The third-order valence-electron chi connectivity index (χ3n) is 2.43. The van der Waals surface area contributed by atoms with Gasteiger partial charge in [0.1, 0.15) is 11.4 Å². The number of nitro benzene ring substituents is 1. The second kappa shape index (κ2) is 5.80. The average Bonchev–Trinajstić information content (AvgIpc) is 2.89. The Labute approximate surface area is 109 Å². The van der Waals surface area contributed by atoms with Crippen molar-refractivity contribution >= 4 is 17.1 Å². The molecule has 0 aliphatic rings. The fourth-order valence-corrected chi connectivity index (χ4v) is 1.66. The molecule has 0 fully saturated rings. The van der Waals surface area contributed by atoms with Gasteiger partial charge in [0, 0.05) is 6.54 Å². The monoisotopic (exact) mass is 263 g/mol. The summed E-state index contributed by atoms with van der Waals surface area (Å²) >= 11 is 0. The molecule has 0 atom stereocenters. The van der Waals surface area contributed by atoms with Crippen LogP contribution in [-0.4, -0.2) is 21.6 Å². The van der Waals surface area contributed by atoms with Crippen LogP contribution in [-0.2, 0) is 6.54 Å². The van der Waals surface area contributed by atoms with E-state index in [1.54, 1.807) is 18.2 Å². The average molecular weight is 263 g/mol. The maximum atomic E-state index is 11.2. The first kappa shape index (κ1) is 12.8. The number of nitrogens with one attached hydrogen (secondary N) is 2. The van der Waals surface area contributed by atoms with Gasteiger partial charge in [-0.25, -0.2) is 0 Å². The summed E-state index contributed by atoms with van der Waals surface area (Å²) in [5, 5.41) is 20.7. The molecule has 8 heteroatoms. The highest BCUT2D eigenvalue weighted by atomic mass is 16.6. The molecule has 0 bridgehead atoms. The highest BCUT2D eigenvalue weighted by Crippen LogP contribution is 2.32. The van der Waals surface area contributed by atoms with Crippen LogP contribution in [0.1, 0.15) is 12.7 Å². The lowest BCUT2D eigenvalue weighted by atomic mass is 10.2. The molecule has 1 aromatic heterocycles. The van der Waals surface area contributed by atoms with E-state index < -0.39 is 4.92 Å². The number of nitro groups is 1. The maximum Gasteiger partial charge on any atom is 0.315 e. The Morgan fingerprint density at radius 2 is 2.11 bits per heavy atom. The second-order valence-electron chi connectivity index (χ2n) is 3.69. The molecule has 0 amide bonds. The van der Waals surface area contributed by atoms with Gasteiger partial charge in [0.2, 0.25) is 6.39 Å². The molecule has 0 aliphatic carbocycles. The van der Waals surface area contributed by atoms with E-state index in [-0.39, 0.29) is 12.2 Å². The normalized spacial score (nSPS) is 10.2. The van der Waals surface area contributed by atoms with Crippen LogP contribution in [0, 0.1) is 10.1 Å². The summed E-state index contributed by atoms with van der Waals surface area (Å²) in [6.07, 6.45) is 1.21. The SMILES string of the molecule is CCNc1cccc(NCc2ncon2)c1[N+](=O)[O-]. The van der Waals surface area contributed by atoms with Crippen molar-refractivity contribution in [1.82, 2.24) is 10.1 Å². The zero-order valence-electron chi connectivity index (χ0n) is 10.3. The Balaban J connectivity index is 2.23. The summed E-state index contributed by atoms with van der Waals surface area (Å²) in [7, 11) is 0. The molecule has 2 rings (SSSR count). The van der Waals surface area contributed by atoms with Gasteiger partial charge < -0.3 is 15.2 Å². The first-order valence-corrected chi connectivity index (χ1v) is 5.72. The lowest BCUT2D eigenvalue weighted by Gasteiger charge is -2.09. The Morgan fingerprint density at radius 1 is 1.37 bits per heavy atom. The molecule has 8 nitrogen and oxygen atoms in total. The zero-order chi connectivity index (χ0) is 13.7. The predicted molar refractivity (Wildman–Crippen MR) is 68.9 cm³/mol. The lowest BCUT2D eigenvalue weighted by Crippen LogP contribution is -2.07. The van der Waals surface area contributed by atoms with Crippen LogP contribution in [0.25, 0.3) is 0 Å². The number of aromatic nitrogens is 2. The first-order valence-electron chi connectivity index (χ1n) is 5.72. The Kier molecular flexibility index (Phi) is 3.91. The Morgan fingerprint density at radius 3 is 2.68 bits per heavy atom. The van der Waals surface area contributed by atoms with Gasteiger partial charge >= 0.3 is 5.69 Å². The van der Waals surface area contributed by atoms with Crippen molar-refractivity contribution in [3.05, 3.63) is 40.5 Å². The van der Waals surface area contributed by atoms with Crippen LogP contribution < -0.4 is 10.6 Å². The number of hydrogen-bond donors (Lipinski definition) is 2. The smallest absolute Gasteiger partial charge is 0.315 e. The quantitative estimate of drug-likeness (QED) is 0.606. The molecule has 1 heterocycles. The van der Waals surface area contributed by atoms with Crippen LogP contribution in [0.2, 0.25) is 0 Å².